The van der Waals surface area contributed by atoms with Crippen molar-refractivity contribution in [2.24, 2.45) is 5.92 Å². The highest BCUT2D eigenvalue weighted by Gasteiger charge is 2.24. The topological polar surface area (TPSA) is 35.5 Å². The van der Waals surface area contributed by atoms with Gasteiger partial charge in [-0.05, 0) is 44.0 Å². The standard InChI is InChI=1S/C12H20N2O/c1-10-4-5-13-12(7-10)14-6-2-3-11(8-14)9-15/h4-5,7,11-13,15H,2-3,6,8-9H2,1H3/t11-,12?/m1/s1. The molecule has 0 aromatic rings. The number of hydrogen-bond donors (Lipinski definition) is 2. The second-order valence-corrected chi connectivity index (χ2v) is 4.54. The molecule has 2 aliphatic rings. The molecule has 0 aromatic carbocycles. The fourth-order valence-electron chi connectivity index (χ4n) is 2.34. The fraction of sp³-hybridized carbons (Fsp3) is 0.667. The molecule has 0 spiro atoms. The van der Waals surface area contributed by atoms with Crippen LogP contribution in [0.3, 0.4) is 0 Å². The Labute approximate surface area is 91.5 Å². The van der Waals surface area contributed by atoms with E-state index in [1.807, 2.05) is 6.20 Å². The number of nitrogens with zero attached hydrogens (tertiary/aromatic N) is 1. The normalized spacial score (nSPS) is 32.3. The average Bonchev–Trinajstić information content (AvgIpc) is 2.29. The lowest BCUT2D eigenvalue weighted by atomic mass is 9.98. The molecule has 0 radical (unpaired) electrons. The number of piperidine rings is 1. The van der Waals surface area contributed by atoms with Gasteiger partial charge in [0.25, 0.3) is 0 Å². The van der Waals surface area contributed by atoms with E-state index in [1.165, 1.54) is 12.0 Å². The van der Waals surface area contributed by atoms with Crippen molar-refractivity contribution in [3.8, 4) is 0 Å². The molecule has 0 bridgehead atoms. The predicted molar refractivity (Wildman–Crippen MR) is 61.2 cm³/mol. The van der Waals surface area contributed by atoms with Crippen LogP contribution < -0.4 is 5.32 Å². The first-order valence-corrected chi connectivity index (χ1v) is 5.75. The Morgan fingerprint density at radius 2 is 2.47 bits per heavy atom. The maximum atomic E-state index is 9.18. The van der Waals surface area contributed by atoms with Gasteiger partial charge in [-0.15, -0.1) is 0 Å². The zero-order chi connectivity index (χ0) is 10.7. The maximum absolute atomic E-state index is 9.18. The molecule has 0 amide bonds. The summed E-state index contributed by atoms with van der Waals surface area (Å²) in [5.74, 6) is 0.458. The molecule has 15 heavy (non-hydrogen) atoms. The zero-order valence-corrected chi connectivity index (χ0v) is 9.32. The zero-order valence-electron chi connectivity index (χ0n) is 9.32. The van der Waals surface area contributed by atoms with Crippen LogP contribution in [-0.2, 0) is 0 Å². The minimum Gasteiger partial charge on any atom is -0.396 e. The Kier molecular flexibility index (Phi) is 3.44. The van der Waals surface area contributed by atoms with Crippen molar-refractivity contribution in [2.75, 3.05) is 19.7 Å². The summed E-state index contributed by atoms with van der Waals surface area (Å²) < 4.78 is 0. The number of rotatable bonds is 2. The number of allylic oxidation sites excluding steroid dienone is 2. The second-order valence-electron chi connectivity index (χ2n) is 4.54. The van der Waals surface area contributed by atoms with E-state index in [9.17, 15) is 5.11 Å². The first-order valence-electron chi connectivity index (χ1n) is 5.75. The molecule has 1 fully saturated rings. The van der Waals surface area contributed by atoms with Gasteiger partial charge in [-0.1, -0.05) is 5.57 Å². The van der Waals surface area contributed by atoms with Gasteiger partial charge >= 0.3 is 0 Å². The molecule has 0 aliphatic carbocycles. The minimum atomic E-state index is 0.321. The Morgan fingerprint density at radius 1 is 1.60 bits per heavy atom. The van der Waals surface area contributed by atoms with E-state index in [-0.39, 0.29) is 0 Å². The number of hydrogen-bond acceptors (Lipinski definition) is 3. The monoisotopic (exact) mass is 208 g/mol. The van der Waals surface area contributed by atoms with Crippen molar-refractivity contribution >= 4 is 0 Å². The molecule has 3 nitrogen and oxygen atoms in total. The van der Waals surface area contributed by atoms with Gasteiger partial charge in [0.05, 0.1) is 6.17 Å². The number of aliphatic hydroxyl groups excluding tert-OH is 1. The summed E-state index contributed by atoms with van der Waals surface area (Å²) in [5, 5.41) is 12.5. The number of likely N-dealkylation sites (tertiary alicyclic amines) is 1. The van der Waals surface area contributed by atoms with Gasteiger partial charge in [-0.3, -0.25) is 4.90 Å². The van der Waals surface area contributed by atoms with E-state index in [1.54, 1.807) is 0 Å². The largest absolute Gasteiger partial charge is 0.396 e. The molecule has 0 aromatic heterocycles. The van der Waals surface area contributed by atoms with Gasteiger partial charge in [0, 0.05) is 19.7 Å². The van der Waals surface area contributed by atoms with Crippen LogP contribution in [0.15, 0.2) is 23.9 Å². The lowest BCUT2D eigenvalue weighted by Crippen LogP contribution is -2.48. The van der Waals surface area contributed by atoms with Gasteiger partial charge in [0.1, 0.15) is 0 Å². The molecule has 3 heteroatoms. The third-order valence-corrected chi connectivity index (χ3v) is 3.24. The molecule has 1 saturated heterocycles. The van der Waals surface area contributed by atoms with Crippen molar-refractivity contribution in [1.82, 2.24) is 10.2 Å². The minimum absolute atomic E-state index is 0.321. The first-order chi connectivity index (χ1) is 7.29. The van der Waals surface area contributed by atoms with Crippen molar-refractivity contribution < 1.29 is 5.11 Å². The highest BCUT2D eigenvalue weighted by atomic mass is 16.3. The summed E-state index contributed by atoms with van der Waals surface area (Å²) >= 11 is 0. The number of aliphatic hydroxyl groups is 1. The average molecular weight is 208 g/mol. The molecule has 2 rings (SSSR count). The molecule has 2 atom stereocenters. The lowest BCUT2D eigenvalue weighted by molar-refractivity contribution is 0.0953. The summed E-state index contributed by atoms with van der Waals surface area (Å²) in [5.41, 5.74) is 1.31. The van der Waals surface area contributed by atoms with Crippen molar-refractivity contribution in [2.45, 2.75) is 25.9 Å². The fourth-order valence-corrected chi connectivity index (χ4v) is 2.34. The van der Waals surface area contributed by atoms with E-state index in [4.69, 9.17) is 0 Å². The summed E-state index contributed by atoms with van der Waals surface area (Å²) in [4.78, 5) is 2.41. The third-order valence-electron chi connectivity index (χ3n) is 3.24. The van der Waals surface area contributed by atoms with Crippen LogP contribution in [0.1, 0.15) is 19.8 Å². The molecule has 84 valence electrons. The molecule has 2 aliphatic heterocycles. The Bertz CT molecular complexity index is 273. The smallest absolute Gasteiger partial charge is 0.0987 e. The van der Waals surface area contributed by atoms with E-state index >= 15 is 0 Å². The van der Waals surface area contributed by atoms with Gasteiger partial charge in [0.2, 0.25) is 0 Å². The van der Waals surface area contributed by atoms with Crippen LogP contribution in [0.5, 0.6) is 0 Å². The van der Waals surface area contributed by atoms with Crippen LogP contribution >= 0.6 is 0 Å². The maximum Gasteiger partial charge on any atom is 0.0987 e. The van der Waals surface area contributed by atoms with E-state index in [0.717, 1.165) is 19.5 Å². The van der Waals surface area contributed by atoms with Crippen LogP contribution in [0.4, 0.5) is 0 Å². The van der Waals surface area contributed by atoms with Crippen molar-refractivity contribution in [3.05, 3.63) is 23.9 Å². The van der Waals surface area contributed by atoms with E-state index in [0.29, 0.717) is 18.7 Å². The molecule has 2 heterocycles. The SMILES string of the molecule is CC1=CC(N2CCC[C@@H](CO)C2)NC=C1. The summed E-state index contributed by atoms with van der Waals surface area (Å²) in [6.07, 6.45) is 9.04. The molecule has 1 unspecified atom stereocenters. The van der Waals surface area contributed by atoms with Crippen LogP contribution in [0.2, 0.25) is 0 Å². The molecule has 2 N–H and O–H groups in total. The Morgan fingerprint density at radius 3 is 3.20 bits per heavy atom. The predicted octanol–water partition coefficient (Wildman–Crippen LogP) is 1.08. The molecular formula is C12H20N2O. The van der Waals surface area contributed by atoms with Crippen LogP contribution in [0, 0.1) is 5.92 Å². The first kappa shape index (κ1) is 10.7. The Hall–Kier alpha value is -0.800. The van der Waals surface area contributed by atoms with Gasteiger partial charge < -0.3 is 10.4 Å². The van der Waals surface area contributed by atoms with Crippen molar-refractivity contribution in [1.29, 1.82) is 0 Å². The second kappa shape index (κ2) is 4.81. The number of dihydropyridines is 1. The van der Waals surface area contributed by atoms with Gasteiger partial charge in [-0.2, -0.15) is 0 Å². The van der Waals surface area contributed by atoms with Crippen molar-refractivity contribution in [3.63, 3.8) is 0 Å². The summed E-state index contributed by atoms with van der Waals surface area (Å²) in [6.45, 7) is 4.58. The number of nitrogens with one attached hydrogen (secondary N) is 1. The molecular weight excluding hydrogens is 188 g/mol. The highest BCUT2D eigenvalue weighted by molar-refractivity contribution is 5.22. The van der Waals surface area contributed by atoms with Gasteiger partial charge in [-0.25, -0.2) is 0 Å². The lowest BCUT2D eigenvalue weighted by Gasteiger charge is -2.37. The summed E-state index contributed by atoms with van der Waals surface area (Å²) in [6, 6.07) is 0. The summed E-state index contributed by atoms with van der Waals surface area (Å²) in [7, 11) is 0. The third kappa shape index (κ3) is 2.61. The highest BCUT2D eigenvalue weighted by Crippen LogP contribution is 2.19. The van der Waals surface area contributed by atoms with Crippen LogP contribution in [-0.4, -0.2) is 35.9 Å². The van der Waals surface area contributed by atoms with E-state index in [2.05, 4.69) is 29.3 Å². The Balaban J connectivity index is 1.95. The van der Waals surface area contributed by atoms with Gasteiger partial charge in [0.15, 0.2) is 0 Å². The molecule has 0 saturated carbocycles. The van der Waals surface area contributed by atoms with E-state index < -0.39 is 0 Å². The quantitative estimate of drug-likeness (QED) is 0.713. The van der Waals surface area contributed by atoms with Crippen LogP contribution in [0.25, 0.3) is 0 Å².